The van der Waals surface area contributed by atoms with Crippen LogP contribution in [0.5, 0.6) is 0 Å². The number of aryl methyl sites for hydroxylation is 2. The molecule has 0 amide bonds. The standard InChI is InChI=1S/C11H16N4/c1-14-5-3-10(9-14)7-12-8-11-13-4-6-15(11)2/h3-6,9,12H,7-8H2,1-2H3. The summed E-state index contributed by atoms with van der Waals surface area (Å²) in [6.07, 6.45) is 7.95. The Hall–Kier alpha value is -1.55. The zero-order valence-electron chi connectivity index (χ0n) is 9.14. The van der Waals surface area contributed by atoms with Gasteiger partial charge in [0.05, 0.1) is 6.54 Å². The molecule has 0 unspecified atom stereocenters. The molecule has 80 valence electrons. The summed E-state index contributed by atoms with van der Waals surface area (Å²) < 4.78 is 4.08. The quantitative estimate of drug-likeness (QED) is 0.807. The first-order valence-electron chi connectivity index (χ1n) is 5.03. The summed E-state index contributed by atoms with van der Waals surface area (Å²) in [7, 11) is 4.04. The molecule has 0 aromatic carbocycles. The number of nitrogens with one attached hydrogen (secondary N) is 1. The molecule has 0 aliphatic heterocycles. The van der Waals surface area contributed by atoms with Gasteiger partial charge in [-0.25, -0.2) is 4.98 Å². The van der Waals surface area contributed by atoms with Crippen molar-refractivity contribution >= 4 is 0 Å². The van der Waals surface area contributed by atoms with Crippen molar-refractivity contribution in [3.8, 4) is 0 Å². The van der Waals surface area contributed by atoms with Crippen molar-refractivity contribution in [2.75, 3.05) is 0 Å². The molecule has 2 aromatic heterocycles. The van der Waals surface area contributed by atoms with Crippen molar-refractivity contribution in [2.24, 2.45) is 14.1 Å². The van der Waals surface area contributed by atoms with Gasteiger partial charge in [-0.05, 0) is 11.6 Å². The predicted molar refractivity (Wildman–Crippen MR) is 59.2 cm³/mol. The first-order chi connectivity index (χ1) is 7.25. The van der Waals surface area contributed by atoms with Crippen LogP contribution >= 0.6 is 0 Å². The Balaban J connectivity index is 1.83. The summed E-state index contributed by atoms with van der Waals surface area (Å²) in [5, 5.41) is 3.36. The molecular formula is C11H16N4. The highest BCUT2D eigenvalue weighted by Gasteiger charge is 1.98. The normalized spacial score (nSPS) is 10.8. The Kier molecular flexibility index (Phi) is 2.87. The van der Waals surface area contributed by atoms with Crippen LogP contribution in [0.15, 0.2) is 30.9 Å². The van der Waals surface area contributed by atoms with Crippen LogP contribution < -0.4 is 5.32 Å². The zero-order chi connectivity index (χ0) is 10.7. The summed E-state index contributed by atoms with van der Waals surface area (Å²) in [5.74, 6) is 1.06. The predicted octanol–water partition coefficient (Wildman–Crippen LogP) is 1.05. The molecule has 2 heterocycles. The Labute approximate surface area is 89.6 Å². The lowest BCUT2D eigenvalue weighted by atomic mass is 10.3. The van der Waals surface area contributed by atoms with E-state index in [1.807, 2.05) is 31.1 Å². The number of imidazole rings is 1. The van der Waals surface area contributed by atoms with E-state index in [9.17, 15) is 0 Å². The maximum Gasteiger partial charge on any atom is 0.122 e. The number of hydrogen-bond acceptors (Lipinski definition) is 2. The lowest BCUT2D eigenvalue weighted by molar-refractivity contribution is 0.638. The van der Waals surface area contributed by atoms with Gasteiger partial charge in [-0.1, -0.05) is 0 Å². The second kappa shape index (κ2) is 4.31. The monoisotopic (exact) mass is 204 g/mol. The fourth-order valence-electron chi connectivity index (χ4n) is 1.55. The molecule has 2 aromatic rings. The summed E-state index contributed by atoms with van der Waals surface area (Å²) in [6.45, 7) is 1.69. The topological polar surface area (TPSA) is 34.8 Å². The molecule has 2 rings (SSSR count). The third-order valence-electron chi connectivity index (χ3n) is 2.43. The van der Waals surface area contributed by atoms with E-state index < -0.39 is 0 Å². The van der Waals surface area contributed by atoms with Crippen molar-refractivity contribution in [3.05, 3.63) is 42.2 Å². The van der Waals surface area contributed by atoms with Crippen LogP contribution in [0.4, 0.5) is 0 Å². The molecule has 0 bridgehead atoms. The molecule has 4 heteroatoms. The first-order valence-corrected chi connectivity index (χ1v) is 5.03. The van der Waals surface area contributed by atoms with Crippen LogP contribution in [0.25, 0.3) is 0 Å². The highest BCUT2D eigenvalue weighted by atomic mass is 15.1. The molecule has 0 saturated carbocycles. The highest BCUT2D eigenvalue weighted by Crippen LogP contribution is 1.99. The minimum atomic E-state index is 0.804. The van der Waals surface area contributed by atoms with Crippen molar-refractivity contribution in [1.82, 2.24) is 19.4 Å². The molecule has 0 aliphatic rings. The smallest absolute Gasteiger partial charge is 0.122 e. The fourth-order valence-corrected chi connectivity index (χ4v) is 1.55. The van der Waals surface area contributed by atoms with Gasteiger partial charge in [-0.2, -0.15) is 0 Å². The van der Waals surface area contributed by atoms with Gasteiger partial charge in [0, 0.05) is 45.4 Å². The van der Waals surface area contributed by atoms with E-state index in [-0.39, 0.29) is 0 Å². The summed E-state index contributed by atoms with van der Waals surface area (Å²) in [6, 6.07) is 2.12. The Bertz CT molecular complexity index is 427. The molecule has 0 fully saturated rings. The maximum atomic E-state index is 4.25. The molecule has 15 heavy (non-hydrogen) atoms. The maximum absolute atomic E-state index is 4.25. The van der Waals surface area contributed by atoms with Gasteiger partial charge in [0.1, 0.15) is 5.82 Å². The first kappa shape index (κ1) is 9.98. The second-order valence-electron chi connectivity index (χ2n) is 3.74. The molecule has 4 nitrogen and oxygen atoms in total. The lowest BCUT2D eigenvalue weighted by Crippen LogP contribution is -2.15. The molecule has 0 radical (unpaired) electrons. The van der Waals surface area contributed by atoms with Gasteiger partial charge in [-0.3, -0.25) is 0 Å². The van der Waals surface area contributed by atoms with E-state index in [1.165, 1.54) is 5.56 Å². The average molecular weight is 204 g/mol. The van der Waals surface area contributed by atoms with Crippen LogP contribution in [0, 0.1) is 0 Å². The van der Waals surface area contributed by atoms with Crippen LogP contribution in [0.2, 0.25) is 0 Å². The van der Waals surface area contributed by atoms with Gasteiger partial charge >= 0.3 is 0 Å². The van der Waals surface area contributed by atoms with Gasteiger partial charge in [0.25, 0.3) is 0 Å². The zero-order valence-corrected chi connectivity index (χ0v) is 9.14. The third kappa shape index (κ3) is 2.47. The number of hydrogen-bond donors (Lipinski definition) is 1. The van der Waals surface area contributed by atoms with E-state index in [4.69, 9.17) is 0 Å². The fraction of sp³-hybridized carbons (Fsp3) is 0.364. The van der Waals surface area contributed by atoms with Crippen LogP contribution in [0.1, 0.15) is 11.4 Å². The average Bonchev–Trinajstić information content (AvgIpc) is 2.77. The number of rotatable bonds is 4. The second-order valence-corrected chi connectivity index (χ2v) is 3.74. The van der Waals surface area contributed by atoms with Crippen molar-refractivity contribution in [3.63, 3.8) is 0 Å². The van der Waals surface area contributed by atoms with E-state index in [0.29, 0.717) is 0 Å². The molecule has 0 aliphatic carbocycles. The minimum absolute atomic E-state index is 0.804. The molecule has 1 N–H and O–H groups in total. The summed E-state index contributed by atoms with van der Waals surface area (Å²) in [4.78, 5) is 4.25. The Morgan fingerprint density at radius 2 is 2.13 bits per heavy atom. The number of aromatic nitrogens is 3. The van der Waals surface area contributed by atoms with Crippen LogP contribution in [-0.2, 0) is 27.2 Å². The van der Waals surface area contributed by atoms with Crippen LogP contribution in [-0.4, -0.2) is 14.1 Å². The van der Waals surface area contributed by atoms with Gasteiger partial charge in [0.15, 0.2) is 0 Å². The van der Waals surface area contributed by atoms with E-state index in [1.54, 1.807) is 0 Å². The van der Waals surface area contributed by atoms with Gasteiger partial charge < -0.3 is 14.5 Å². The molecule has 0 atom stereocenters. The van der Waals surface area contributed by atoms with Crippen molar-refractivity contribution in [2.45, 2.75) is 13.1 Å². The Morgan fingerprint density at radius 1 is 1.27 bits per heavy atom. The molecular weight excluding hydrogens is 188 g/mol. The molecule has 0 saturated heterocycles. The largest absolute Gasteiger partial charge is 0.357 e. The summed E-state index contributed by atoms with van der Waals surface area (Å²) in [5.41, 5.74) is 1.30. The third-order valence-corrected chi connectivity index (χ3v) is 2.43. The van der Waals surface area contributed by atoms with Crippen molar-refractivity contribution in [1.29, 1.82) is 0 Å². The SMILES string of the molecule is Cn1ccc(CNCc2nccn2C)c1. The molecule has 0 spiro atoms. The van der Waals surface area contributed by atoms with E-state index in [0.717, 1.165) is 18.9 Å². The van der Waals surface area contributed by atoms with Crippen LogP contribution in [0.3, 0.4) is 0 Å². The van der Waals surface area contributed by atoms with E-state index >= 15 is 0 Å². The summed E-state index contributed by atoms with van der Waals surface area (Å²) >= 11 is 0. The number of nitrogens with zero attached hydrogens (tertiary/aromatic N) is 3. The van der Waals surface area contributed by atoms with E-state index in [2.05, 4.69) is 33.3 Å². The van der Waals surface area contributed by atoms with Gasteiger partial charge in [-0.15, -0.1) is 0 Å². The van der Waals surface area contributed by atoms with Crippen molar-refractivity contribution < 1.29 is 0 Å². The lowest BCUT2D eigenvalue weighted by Gasteiger charge is -2.03. The van der Waals surface area contributed by atoms with Gasteiger partial charge in [0.2, 0.25) is 0 Å². The Morgan fingerprint density at radius 3 is 2.73 bits per heavy atom. The minimum Gasteiger partial charge on any atom is -0.357 e. The highest BCUT2D eigenvalue weighted by molar-refractivity contribution is 5.09.